The van der Waals surface area contributed by atoms with E-state index in [4.69, 9.17) is 0 Å². The SMILES string of the molecule is C=C/C=c1\c(=C)c2ccccc2n1CC1C=C(N(c2ccc(C)cc2)c2ccc(N3CC4(C=CC5CC5C4)c4ccccc43)cc2)C=CC1. The van der Waals surface area contributed by atoms with Gasteiger partial charge in [0.1, 0.15) is 0 Å². The molecule has 5 aromatic rings. The minimum absolute atomic E-state index is 0.122. The molecule has 9 rings (SSSR count). The maximum atomic E-state index is 4.44. The first kappa shape index (κ1) is 29.8. The van der Waals surface area contributed by atoms with Crippen molar-refractivity contribution in [3.63, 3.8) is 0 Å². The molecule has 242 valence electrons. The fourth-order valence-corrected chi connectivity index (χ4v) is 8.77. The third kappa shape index (κ3) is 5.11. The first-order valence-corrected chi connectivity index (χ1v) is 17.8. The molecule has 2 heterocycles. The fourth-order valence-electron chi connectivity index (χ4n) is 8.77. The Morgan fingerprint density at radius 1 is 0.918 bits per heavy atom. The van der Waals surface area contributed by atoms with Crippen LogP contribution in [0.3, 0.4) is 0 Å². The van der Waals surface area contributed by atoms with Gasteiger partial charge in [-0.05, 0) is 104 Å². The molecule has 0 N–H and O–H groups in total. The Labute approximate surface area is 289 Å². The highest BCUT2D eigenvalue weighted by Crippen LogP contribution is 2.57. The van der Waals surface area contributed by atoms with Crippen LogP contribution in [0.1, 0.15) is 30.4 Å². The van der Waals surface area contributed by atoms with Gasteiger partial charge in [0, 0.05) is 74.3 Å². The molecule has 3 aliphatic carbocycles. The van der Waals surface area contributed by atoms with E-state index in [-0.39, 0.29) is 5.41 Å². The molecule has 1 aliphatic heterocycles. The van der Waals surface area contributed by atoms with Gasteiger partial charge in [0.15, 0.2) is 0 Å². The molecule has 0 bridgehead atoms. The maximum absolute atomic E-state index is 4.44. The number of fused-ring (bicyclic) bond motifs is 4. The van der Waals surface area contributed by atoms with Gasteiger partial charge < -0.3 is 14.4 Å². The van der Waals surface area contributed by atoms with Crippen LogP contribution in [0, 0.1) is 24.7 Å². The van der Waals surface area contributed by atoms with Crippen molar-refractivity contribution in [2.75, 3.05) is 16.3 Å². The molecule has 1 spiro atoms. The highest BCUT2D eigenvalue weighted by molar-refractivity contribution is 5.82. The summed E-state index contributed by atoms with van der Waals surface area (Å²) in [5.41, 5.74) is 10.2. The summed E-state index contributed by atoms with van der Waals surface area (Å²) in [6.45, 7) is 12.5. The number of aromatic nitrogens is 1. The normalized spacial score (nSPS) is 23.9. The smallest absolute Gasteiger partial charge is 0.0491 e. The van der Waals surface area contributed by atoms with E-state index in [0.717, 1.165) is 47.6 Å². The van der Waals surface area contributed by atoms with Crippen LogP contribution in [-0.2, 0) is 12.0 Å². The van der Waals surface area contributed by atoms with E-state index >= 15 is 0 Å². The number of nitrogens with zero attached hydrogens (tertiary/aromatic N) is 3. The number of rotatable bonds is 7. The summed E-state index contributed by atoms with van der Waals surface area (Å²) in [6, 6.07) is 35.8. The largest absolute Gasteiger partial charge is 0.340 e. The number of hydrogen-bond acceptors (Lipinski definition) is 2. The van der Waals surface area contributed by atoms with E-state index in [0.29, 0.717) is 5.92 Å². The number of hydrogen-bond donors (Lipinski definition) is 0. The molecular weight excluding hydrogens is 595 g/mol. The van der Waals surface area contributed by atoms with Crippen LogP contribution in [0.25, 0.3) is 23.6 Å². The molecule has 0 amide bonds. The van der Waals surface area contributed by atoms with Crippen molar-refractivity contribution in [3.05, 3.63) is 167 Å². The van der Waals surface area contributed by atoms with Crippen LogP contribution in [0.15, 0.2) is 146 Å². The average molecular weight is 638 g/mol. The van der Waals surface area contributed by atoms with Crippen LogP contribution in [0.2, 0.25) is 0 Å². The topological polar surface area (TPSA) is 11.4 Å². The third-order valence-electron chi connectivity index (χ3n) is 11.4. The molecule has 4 unspecified atom stereocenters. The predicted octanol–water partition coefficient (Wildman–Crippen LogP) is 9.61. The second-order valence-corrected chi connectivity index (χ2v) is 14.6. The van der Waals surface area contributed by atoms with E-state index in [1.807, 2.05) is 6.08 Å². The van der Waals surface area contributed by atoms with Gasteiger partial charge in [-0.1, -0.05) is 97.6 Å². The van der Waals surface area contributed by atoms with E-state index in [9.17, 15) is 0 Å². The van der Waals surface area contributed by atoms with Gasteiger partial charge in [-0.2, -0.15) is 0 Å². The van der Waals surface area contributed by atoms with Gasteiger partial charge in [-0.15, -0.1) is 0 Å². The Hall–Kier alpha value is -5.28. The van der Waals surface area contributed by atoms with Crippen molar-refractivity contribution in [1.82, 2.24) is 4.57 Å². The molecule has 49 heavy (non-hydrogen) atoms. The van der Waals surface area contributed by atoms with Crippen LogP contribution in [-0.4, -0.2) is 11.1 Å². The van der Waals surface area contributed by atoms with Crippen LogP contribution >= 0.6 is 0 Å². The van der Waals surface area contributed by atoms with Gasteiger partial charge in [0.2, 0.25) is 0 Å². The second-order valence-electron chi connectivity index (χ2n) is 14.6. The minimum atomic E-state index is 0.122. The summed E-state index contributed by atoms with van der Waals surface area (Å²) in [4.78, 5) is 4.97. The van der Waals surface area contributed by atoms with Crippen molar-refractivity contribution in [1.29, 1.82) is 0 Å². The van der Waals surface area contributed by atoms with E-state index in [1.54, 1.807) is 0 Å². The Bertz CT molecular complexity index is 2280. The number of aryl methyl sites for hydroxylation is 1. The molecule has 4 aliphatic rings. The molecule has 1 fully saturated rings. The summed E-state index contributed by atoms with van der Waals surface area (Å²) in [7, 11) is 0. The molecule has 0 radical (unpaired) electrons. The van der Waals surface area contributed by atoms with Crippen molar-refractivity contribution >= 4 is 46.3 Å². The standard InChI is InChI=1S/C46H43N3/c1-4-10-43-33(3)41-13-5-7-15-44(41)47(43)30-34-11-9-12-40(27-34)49(38-19-17-32(2)18-20-38)39-23-21-37(22-24-39)48-31-46(26-25-35-28-36(35)29-46)42-14-6-8-16-45(42)48/h4-10,12-27,34-36H,1,3,11,28-31H2,2H3/b43-10+. The Balaban J connectivity index is 1.07. The maximum Gasteiger partial charge on any atom is 0.0491 e. The Kier molecular flexibility index (Phi) is 7.12. The monoisotopic (exact) mass is 637 g/mol. The highest BCUT2D eigenvalue weighted by Gasteiger charge is 2.50. The minimum Gasteiger partial charge on any atom is -0.340 e. The zero-order valence-corrected chi connectivity index (χ0v) is 28.3. The Morgan fingerprint density at radius 2 is 1.67 bits per heavy atom. The quantitative estimate of drug-likeness (QED) is 0.165. The third-order valence-corrected chi connectivity index (χ3v) is 11.4. The summed E-state index contributed by atoms with van der Waals surface area (Å²) < 4.78 is 2.42. The van der Waals surface area contributed by atoms with Gasteiger partial charge in [-0.3, -0.25) is 0 Å². The number of para-hydroxylation sites is 2. The number of benzene rings is 4. The molecule has 0 saturated heterocycles. The molecule has 1 saturated carbocycles. The second kappa shape index (κ2) is 11.7. The van der Waals surface area contributed by atoms with Crippen LogP contribution < -0.4 is 20.4 Å². The first-order valence-electron chi connectivity index (χ1n) is 17.8. The lowest BCUT2D eigenvalue weighted by molar-refractivity contribution is 0.462. The molecule has 3 heteroatoms. The summed E-state index contributed by atoms with van der Waals surface area (Å²) >= 11 is 0. The molecule has 3 nitrogen and oxygen atoms in total. The van der Waals surface area contributed by atoms with Crippen molar-refractivity contribution in [2.45, 2.75) is 38.1 Å². The number of allylic oxidation sites excluding steroid dienone is 5. The van der Waals surface area contributed by atoms with Gasteiger partial charge in [0.05, 0.1) is 0 Å². The van der Waals surface area contributed by atoms with E-state index in [1.165, 1.54) is 57.6 Å². The molecule has 4 atom stereocenters. The summed E-state index contributed by atoms with van der Waals surface area (Å²) in [5, 5.41) is 3.41. The van der Waals surface area contributed by atoms with E-state index in [2.05, 4.69) is 168 Å². The zero-order chi connectivity index (χ0) is 33.1. The first-order chi connectivity index (χ1) is 24.0. The lowest BCUT2D eigenvalue weighted by Gasteiger charge is -2.31. The van der Waals surface area contributed by atoms with Crippen molar-refractivity contribution in [2.24, 2.45) is 17.8 Å². The summed E-state index contributed by atoms with van der Waals surface area (Å²) in [5.74, 6) is 2.00. The Morgan fingerprint density at radius 3 is 2.47 bits per heavy atom. The van der Waals surface area contributed by atoms with Gasteiger partial charge in [-0.25, -0.2) is 0 Å². The lowest BCUT2D eigenvalue weighted by Crippen LogP contribution is -2.31. The van der Waals surface area contributed by atoms with Crippen LogP contribution in [0.5, 0.6) is 0 Å². The highest BCUT2D eigenvalue weighted by atomic mass is 15.2. The van der Waals surface area contributed by atoms with E-state index < -0.39 is 0 Å². The molecule has 1 aromatic heterocycles. The lowest BCUT2D eigenvalue weighted by atomic mass is 9.75. The van der Waals surface area contributed by atoms with Crippen molar-refractivity contribution in [3.8, 4) is 0 Å². The molecular formula is C46H43N3. The van der Waals surface area contributed by atoms with Gasteiger partial charge in [0.25, 0.3) is 0 Å². The zero-order valence-electron chi connectivity index (χ0n) is 28.3. The number of anilines is 4. The molecule has 4 aromatic carbocycles. The fraction of sp³-hybridized carbons (Fsp3) is 0.217. The predicted molar refractivity (Wildman–Crippen MR) is 207 cm³/mol. The van der Waals surface area contributed by atoms with Crippen LogP contribution in [0.4, 0.5) is 22.7 Å². The van der Waals surface area contributed by atoms with Crippen molar-refractivity contribution < 1.29 is 0 Å². The summed E-state index contributed by atoms with van der Waals surface area (Å²) in [6.07, 6.45) is 19.7. The average Bonchev–Trinajstić information content (AvgIpc) is 3.78. The van der Waals surface area contributed by atoms with Gasteiger partial charge >= 0.3 is 0 Å².